The lowest BCUT2D eigenvalue weighted by Crippen LogP contribution is -2.38. The maximum absolute atomic E-state index is 13.0. The summed E-state index contributed by atoms with van der Waals surface area (Å²) in [5.74, 6) is 1.42. The Morgan fingerprint density at radius 2 is 2.00 bits per heavy atom. The summed E-state index contributed by atoms with van der Waals surface area (Å²) in [5.41, 5.74) is 2.05. The number of hydrogen-bond donors (Lipinski definition) is 2. The highest BCUT2D eigenvalue weighted by Gasteiger charge is 2.03. The number of ether oxygens (including phenoxy) is 1. The van der Waals surface area contributed by atoms with E-state index in [1.807, 2.05) is 26.0 Å². The van der Waals surface area contributed by atoms with Crippen molar-refractivity contribution >= 4 is 41.3 Å². The van der Waals surface area contributed by atoms with Crippen LogP contribution in [0.2, 0.25) is 0 Å². The molecule has 6 nitrogen and oxygen atoms in total. The van der Waals surface area contributed by atoms with Crippen LogP contribution in [0, 0.1) is 12.7 Å². The number of thiazole rings is 1. The number of benzene rings is 1. The third kappa shape index (κ3) is 7.86. The Hall–Kier alpha value is -2.27. The summed E-state index contributed by atoms with van der Waals surface area (Å²) in [6.07, 6.45) is 2.52. The number of halogens is 2. The molecule has 2 aromatic heterocycles. The number of aromatic nitrogens is 2. The molecule has 0 atom stereocenters. The number of aliphatic imine (C=N–C) groups is 1. The summed E-state index contributed by atoms with van der Waals surface area (Å²) in [6.45, 7) is 6.05. The van der Waals surface area contributed by atoms with Gasteiger partial charge in [-0.25, -0.2) is 19.4 Å². The molecule has 3 rings (SSSR count). The zero-order chi connectivity index (χ0) is 20.5. The van der Waals surface area contributed by atoms with Crippen LogP contribution in [-0.4, -0.2) is 29.0 Å². The van der Waals surface area contributed by atoms with Crippen LogP contribution in [0.1, 0.15) is 23.2 Å². The number of nitrogens with one attached hydrogen (secondary N) is 2. The van der Waals surface area contributed by atoms with E-state index in [0.717, 1.165) is 41.7 Å². The van der Waals surface area contributed by atoms with Crippen LogP contribution in [-0.2, 0) is 13.0 Å². The smallest absolute Gasteiger partial charge is 0.219 e. The first-order chi connectivity index (χ1) is 14.1. The minimum absolute atomic E-state index is 0. The highest BCUT2D eigenvalue weighted by atomic mass is 127. The lowest BCUT2D eigenvalue weighted by Gasteiger charge is -2.11. The Balaban J connectivity index is 0.00000320. The van der Waals surface area contributed by atoms with Gasteiger partial charge in [0.2, 0.25) is 5.88 Å². The number of pyridine rings is 1. The molecular formula is C21H25FIN5OS. The number of nitrogens with zero attached hydrogens (tertiary/aromatic N) is 3. The highest BCUT2D eigenvalue weighted by molar-refractivity contribution is 14.0. The molecule has 0 aliphatic rings. The molecular weight excluding hydrogens is 516 g/mol. The molecule has 0 saturated heterocycles. The third-order valence-electron chi connectivity index (χ3n) is 3.94. The van der Waals surface area contributed by atoms with Gasteiger partial charge < -0.3 is 15.4 Å². The minimum Gasteiger partial charge on any atom is -0.439 e. The van der Waals surface area contributed by atoms with E-state index in [-0.39, 0.29) is 29.8 Å². The molecule has 0 aliphatic carbocycles. The summed E-state index contributed by atoms with van der Waals surface area (Å²) in [6, 6.07) is 9.56. The fraction of sp³-hybridized carbons (Fsp3) is 0.286. The Kier molecular flexibility index (Phi) is 9.95. The molecule has 3 aromatic rings. The van der Waals surface area contributed by atoms with Gasteiger partial charge in [-0.3, -0.25) is 0 Å². The highest BCUT2D eigenvalue weighted by Crippen LogP contribution is 2.20. The van der Waals surface area contributed by atoms with Gasteiger partial charge in [0.25, 0.3) is 0 Å². The Bertz CT molecular complexity index is 949. The molecule has 160 valence electrons. The second-order valence-corrected chi connectivity index (χ2v) is 7.35. The SMILES string of the molecule is CCNC(=NCc1ccnc(Oc2ccc(F)cc2)c1)NCCc1csc(C)n1.I. The second kappa shape index (κ2) is 12.4. The van der Waals surface area contributed by atoms with Crippen molar-refractivity contribution in [1.29, 1.82) is 0 Å². The minimum atomic E-state index is -0.304. The predicted octanol–water partition coefficient (Wildman–Crippen LogP) is 4.69. The number of guanidine groups is 1. The first-order valence-corrected chi connectivity index (χ1v) is 10.3. The number of aryl methyl sites for hydroxylation is 1. The molecule has 2 heterocycles. The van der Waals surface area contributed by atoms with Crippen molar-refractivity contribution in [3.63, 3.8) is 0 Å². The monoisotopic (exact) mass is 541 g/mol. The fourth-order valence-corrected chi connectivity index (χ4v) is 3.22. The third-order valence-corrected chi connectivity index (χ3v) is 4.76. The van der Waals surface area contributed by atoms with E-state index in [1.165, 1.54) is 12.1 Å². The molecule has 0 bridgehead atoms. The molecule has 1 aromatic carbocycles. The fourth-order valence-electron chi connectivity index (χ4n) is 2.57. The van der Waals surface area contributed by atoms with Crippen LogP contribution in [0.5, 0.6) is 11.6 Å². The van der Waals surface area contributed by atoms with Crippen LogP contribution >= 0.6 is 35.3 Å². The summed E-state index contributed by atoms with van der Waals surface area (Å²) in [7, 11) is 0. The predicted molar refractivity (Wildman–Crippen MR) is 129 cm³/mol. The van der Waals surface area contributed by atoms with Gasteiger partial charge in [0.15, 0.2) is 5.96 Å². The van der Waals surface area contributed by atoms with E-state index in [2.05, 4.69) is 31.0 Å². The van der Waals surface area contributed by atoms with Crippen LogP contribution in [0.4, 0.5) is 4.39 Å². The summed E-state index contributed by atoms with van der Waals surface area (Å²) < 4.78 is 18.7. The van der Waals surface area contributed by atoms with Crippen LogP contribution in [0.15, 0.2) is 53.0 Å². The molecule has 0 fully saturated rings. The quantitative estimate of drug-likeness (QED) is 0.246. The maximum Gasteiger partial charge on any atom is 0.219 e. The zero-order valence-electron chi connectivity index (χ0n) is 16.9. The Labute approximate surface area is 197 Å². The molecule has 2 N–H and O–H groups in total. The van der Waals surface area contributed by atoms with E-state index in [4.69, 9.17) is 4.74 Å². The van der Waals surface area contributed by atoms with Crippen molar-refractivity contribution in [3.8, 4) is 11.6 Å². The van der Waals surface area contributed by atoms with Gasteiger partial charge in [0, 0.05) is 37.2 Å². The van der Waals surface area contributed by atoms with Crippen LogP contribution in [0.3, 0.4) is 0 Å². The van der Waals surface area contributed by atoms with E-state index >= 15 is 0 Å². The number of rotatable bonds is 8. The van der Waals surface area contributed by atoms with Crippen LogP contribution in [0.25, 0.3) is 0 Å². The average molecular weight is 541 g/mol. The van der Waals surface area contributed by atoms with Gasteiger partial charge in [-0.1, -0.05) is 0 Å². The normalized spacial score (nSPS) is 11.0. The molecule has 0 aliphatic heterocycles. The van der Waals surface area contributed by atoms with E-state index < -0.39 is 0 Å². The largest absolute Gasteiger partial charge is 0.439 e. The van der Waals surface area contributed by atoms with E-state index in [1.54, 1.807) is 29.7 Å². The van der Waals surface area contributed by atoms with Crippen molar-refractivity contribution in [2.24, 2.45) is 4.99 Å². The van der Waals surface area contributed by atoms with Crippen LogP contribution < -0.4 is 15.4 Å². The van der Waals surface area contributed by atoms with Crippen molar-refractivity contribution in [3.05, 3.63) is 70.1 Å². The van der Waals surface area contributed by atoms with E-state index in [0.29, 0.717) is 18.2 Å². The molecule has 0 spiro atoms. The van der Waals surface area contributed by atoms with Crippen molar-refractivity contribution in [2.75, 3.05) is 13.1 Å². The van der Waals surface area contributed by atoms with Gasteiger partial charge >= 0.3 is 0 Å². The zero-order valence-corrected chi connectivity index (χ0v) is 20.0. The van der Waals surface area contributed by atoms with Gasteiger partial charge in [0.05, 0.1) is 17.2 Å². The second-order valence-electron chi connectivity index (χ2n) is 6.29. The molecule has 30 heavy (non-hydrogen) atoms. The average Bonchev–Trinajstić information content (AvgIpc) is 3.13. The molecule has 0 radical (unpaired) electrons. The summed E-state index contributed by atoms with van der Waals surface area (Å²) in [4.78, 5) is 13.3. The summed E-state index contributed by atoms with van der Waals surface area (Å²) >= 11 is 1.66. The Morgan fingerprint density at radius 1 is 1.20 bits per heavy atom. The van der Waals surface area contributed by atoms with Gasteiger partial charge in [-0.15, -0.1) is 35.3 Å². The first-order valence-electron chi connectivity index (χ1n) is 9.44. The molecule has 9 heteroatoms. The standard InChI is InChI=1S/C21H24FN5OS.HI/c1-3-23-21(25-11-9-18-14-29-15(2)27-18)26-13-16-8-10-24-20(12-16)28-19-6-4-17(22)5-7-19;/h4-8,10,12,14H,3,9,11,13H2,1-2H3,(H2,23,25,26);1H. The topological polar surface area (TPSA) is 71.4 Å². The van der Waals surface area contributed by atoms with Crippen molar-refractivity contribution < 1.29 is 9.13 Å². The van der Waals surface area contributed by atoms with Crippen molar-refractivity contribution in [2.45, 2.75) is 26.8 Å². The lowest BCUT2D eigenvalue weighted by atomic mass is 10.2. The Morgan fingerprint density at radius 3 is 2.70 bits per heavy atom. The van der Waals surface area contributed by atoms with Gasteiger partial charge in [-0.05, 0) is 49.7 Å². The molecule has 0 saturated carbocycles. The van der Waals surface area contributed by atoms with Gasteiger partial charge in [-0.2, -0.15) is 0 Å². The molecule has 0 amide bonds. The number of hydrogen-bond acceptors (Lipinski definition) is 5. The van der Waals surface area contributed by atoms with Gasteiger partial charge in [0.1, 0.15) is 11.6 Å². The van der Waals surface area contributed by atoms with Crippen molar-refractivity contribution in [1.82, 2.24) is 20.6 Å². The summed E-state index contributed by atoms with van der Waals surface area (Å²) in [5, 5.41) is 9.74. The lowest BCUT2D eigenvalue weighted by molar-refractivity contribution is 0.460. The first kappa shape index (κ1) is 24.0. The maximum atomic E-state index is 13.0. The van der Waals surface area contributed by atoms with E-state index in [9.17, 15) is 4.39 Å². The molecule has 0 unspecified atom stereocenters.